The molecule has 3 aromatic rings. The third-order valence-electron chi connectivity index (χ3n) is 5.93. The van der Waals surface area contributed by atoms with Crippen molar-refractivity contribution in [2.24, 2.45) is 5.92 Å². The Labute approximate surface area is 209 Å². The van der Waals surface area contributed by atoms with Crippen LogP contribution >= 0.6 is 11.9 Å². The fourth-order valence-corrected chi connectivity index (χ4v) is 4.62. The van der Waals surface area contributed by atoms with Crippen molar-refractivity contribution in [3.63, 3.8) is 0 Å². The average molecular weight is 501 g/mol. The van der Waals surface area contributed by atoms with Gasteiger partial charge in [-0.2, -0.15) is 0 Å². The number of rotatable bonds is 7. The lowest BCUT2D eigenvalue weighted by Crippen LogP contribution is -2.19. The first-order valence-electron chi connectivity index (χ1n) is 11.7. The summed E-state index contributed by atoms with van der Waals surface area (Å²) in [4.78, 5) is 32.9. The van der Waals surface area contributed by atoms with Gasteiger partial charge in [0.1, 0.15) is 17.9 Å². The molecular formula is C24H32N6O4S. The number of benzene rings is 1. The molecule has 188 valence electrons. The van der Waals surface area contributed by atoms with E-state index in [9.17, 15) is 14.9 Å². The number of aromatic nitrogens is 3. The Kier molecular flexibility index (Phi) is 9.86. The zero-order chi connectivity index (χ0) is 25.2. The zero-order valence-electron chi connectivity index (χ0n) is 20.3. The Hall–Kier alpha value is -3.18. The molecule has 4 rings (SSSR count). The minimum absolute atomic E-state index is 0.0776. The van der Waals surface area contributed by atoms with Gasteiger partial charge in [-0.1, -0.05) is 31.2 Å². The number of carbonyl (C=O) groups is 1. The highest BCUT2D eigenvalue weighted by Crippen LogP contribution is 2.26. The highest BCUT2D eigenvalue weighted by molar-refractivity contribution is 7.97. The number of non-ortho nitro benzene ring substituents is 1. The van der Waals surface area contributed by atoms with Crippen LogP contribution in [0.2, 0.25) is 0 Å². The van der Waals surface area contributed by atoms with Crippen molar-refractivity contribution < 1.29 is 14.5 Å². The molecule has 1 aromatic carbocycles. The summed E-state index contributed by atoms with van der Waals surface area (Å²) >= 11 is 1.86. The first-order valence-corrected chi connectivity index (χ1v) is 12.7. The van der Waals surface area contributed by atoms with Crippen LogP contribution in [0.25, 0.3) is 11.0 Å². The standard InChI is InChI=1S/C16H15N5O4.C8H17NS/c1-3-19(2)14-13-8-9-20(15(13)18-10-17-14)16(22)25-12-6-4-11(5-7-12)21(23)24;1-9-10-7-8-5-3-2-4-6-8/h4-10H,3H2,1-2H3;8-9H,2-7H2,1H3. The number of ether oxygens (including phenoxy) is 1. The van der Waals surface area contributed by atoms with Crippen molar-refractivity contribution >= 4 is 40.6 Å². The lowest BCUT2D eigenvalue weighted by molar-refractivity contribution is -0.384. The second kappa shape index (κ2) is 13.1. The molecule has 0 saturated heterocycles. The molecule has 0 bridgehead atoms. The zero-order valence-corrected chi connectivity index (χ0v) is 21.2. The lowest BCUT2D eigenvalue weighted by Gasteiger charge is -2.20. The van der Waals surface area contributed by atoms with Crippen molar-refractivity contribution in [2.75, 3.05) is 31.3 Å². The van der Waals surface area contributed by atoms with E-state index >= 15 is 0 Å². The normalized spacial score (nSPS) is 13.7. The van der Waals surface area contributed by atoms with E-state index in [1.165, 1.54) is 73.0 Å². The second-order valence-corrected chi connectivity index (χ2v) is 9.30. The van der Waals surface area contributed by atoms with E-state index in [0.29, 0.717) is 5.65 Å². The van der Waals surface area contributed by atoms with Gasteiger partial charge >= 0.3 is 6.09 Å². The molecule has 1 N–H and O–H groups in total. The van der Waals surface area contributed by atoms with Crippen LogP contribution in [0.1, 0.15) is 39.0 Å². The Morgan fingerprint density at radius 3 is 2.57 bits per heavy atom. The van der Waals surface area contributed by atoms with E-state index in [1.54, 1.807) is 12.3 Å². The molecule has 1 aliphatic rings. The summed E-state index contributed by atoms with van der Waals surface area (Å²) in [6.07, 6.45) is 9.63. The first kappa shape index (κ1) is 26.4. The minimum atomic E-state index is -0.660. The van der Waals surface area contributed by atoms with Gasteiger partial charge in [-0.25, -0.2) is 19.3 Å². The molecule has 1 saturated carbocycles. The van der Waals surface area contributed by atoms with Gasteiger partial charge < -0.3 is 9.64 Å². The molecule has 0 atom stereocenters. The van der Waals surface area contributed by atoms with Crippen LogP contribution < -0.4 is 14.4 Å². The molecule has 1 aliphatic carbocycles. The van der Waals surface area contributed by atoms with Crippen molar-refractivity contribution in [3.05, 3.63) is 53.0 Å². The van der Waals surface area contributed by atoms with Crippen LogP contribution in [0.5, 0.6) is 5.75 Å². The Morgan fingerprint density at radius 2 is 1.94 bits per heavy atom. The molecule has 0 spiro atoms. The number of nitrogens with zero attached hydrogens (tertiary/aromatic N) is 5. The summed E-state index contributed by atoms with van der Waals surface area (Å²) < 4.78 is 9.66. The number of hydrogen-bond donors (Lipinski definition) is 1. The van der Waals surface area contributed by atoms with Gasteiger partial charge in [0.05, 0.1) is 10.3 Å². The van der Waals surface area contributed by atoms with E-state index in [0.717, 1.165) is 23.7 Å². The van der Waals surface area contributed by atoms with Crippen LogP contribution in [0.4, 0.5) is 16.3 Å². The topological polar surface area (TPSA) is 115 Å². The van der Waals surface area contributed by atoms with Gasteiger partial charge in [-0.3, -0.25) is 14.8 Å². The molecule has 10 nitrogen and oxygen atoms in total. The van der Waals surface area contributed by atoms with Crippen LogP contribution in [0.3, 0.4) is 0 Å². The third kappa shape index (κ3) is 7.15. The molecule has 0 aliphatic heterocycles. The van der Waals surface area contributed by atoms with E-state index in [1.807, 2.05) is 37.9 Å². The van der Waals surface area contributed by atoms with E-state index in [2.05, 4.69) is 14.7 Å². The van der Waals surface area contributed by atoms with Crippen molar-refractivity contribution in [3.8, 4) is 5.75 Å². The Balaban J connectivity index is 0.000000287. The van der Waals surface area contributed by atoms with Gasteiger partial charge in [0.25, 0.3) is 5.69 Å². The number of hydrogen-bond acceptors (Lipinski definition) is 9. The number of carbonyl (C=O) groups excluding carboxylic acids is 1. The fraction of sp³-hybridized carbons (Fsp3) is 0.458. The second-order valence-electron chi connectivity index (χ2n) is 8.27. The van der Waals surface area contributed by atoms with E-state index < -0.39 is 11.0 Å². The van der Waals surface area contributed by atoms with Crippen LogP contribution in [0, 0.1) is 16.0 Å². The molecule has 35 heavy (non-hydrogen) atoms. The van der Waals surface area contributed by atoms with Gasteiger partial charge in [-0.05, 0) is 50.9 Å². The molecule has 1 fully saturated rings. The molecule has 0 unspecified atom stereocenters. The van der Waals surface area contributed by atoms with E-state index in [-0.39, 0.29) is 11.4 Å². The van der Waals surface area contributed by atoms with E-state index in [4.69, 9.17) is 4.74 Å². The van der Waals surface area contributed by atoms with Crippen LogP contribution in [-0.4, -0.2) is 51.9 Å². The molecule has 11 heteroatoms. The van der Waals surface area contributed by atoms with Gasteiger partial charge in [-0.15, -0.1) is 0 Å². The number of fused-ring (bicyclic) bond motifs is 1. The largest absolute Gasteiger partial charge is 0.425 e. The van der Waals surface area contributed by atoms with Crippen LogP contribution in [0.15, 0.2) is 42.9 Å². The number of nitro benzene ring substituents is 1. The summed E-state index contributed by atoms with van der Waals surface area (Å²) in [6, 6.07) is 7.02. The van der Waals surface area contributed by atoms with Crippen molar-refractivity contribution in [2.45, 2.75) is 39.0 Å². The molecular weight excluding hydrogens is 468 g/mol. The predicted octanol–water partition coefficient (Wildman–Crippen LogP) is 5.28. The smallest absolute Gasteiger partial charge is 0.410 e. The van der Waals surface area contributed by atoms with Crippen molar-refractivity contribution in [1.29, 1.82) is 0 Å². The summed E-state index contributed by atoms with van der Waals surface area (Å²) in [7, 11) is 3.90. The minimum Gasteiger partial charge on any atom is -0.410 e. The van der Waals surface area contributed by atoms with Crippen LogP contribution in [-0.2, 0) is 0 Å². The molecule has 2 aromatic heterocycles. The van der Waals surface area contributed by atoms with Gasteiger partial charge in [0.15, 0.2) is 5.65 Å². The maximum atomic E-state index is 12.4. The summed E-state index contributed by atoms with van der Waals surface area (Å²) in [6.45, 7) is 2.75. The Morgan fingerprint density at radius 1 is 1.23 bits per heavy atom. The fourth-order valence-electron chi connectivity index (χ4n) is 3.88. The summed E-state index contributed by atoms with van der Waals surface area (Å²) in [5.74, 6) is 3.24. The maximum Gasteiger partial charge on any atom is 0.425 e. The first-order chi connectivity index (χ1) is 16.9. The monoisotopic (exact) mass is 500 g/mol. The SMILES string of the molecule is CCN(C)c1ncnc2c1ccn2C(=O)Oc1ccc([N+](=O)[O-])cc1.CNSCC1CCCCC1. The number of nitro groups is 1. The summed E-state index contributed by atoms with van der Waals surface area (Å²) in [5.41, 5.74) is 0.350. The number of anilines is 1. The molecule has 0 radical (unpaired) electrons. The predicted molar refractivity (Wildman–Crippen MR) is 139 cm³/mol. The highest BCUT2D eigenvalue weighted by atomic mass is 32.2. The lowest BCUT2D eigenvalue weighted by atomic mass is 9.91. The quantitative estimate of drug-likeness (QED) is 0.263. The molecule has 0 amide bonds. The molecule has 2 heterocycles. The third-order valence-corrected chi connectivity index (χ3v) is 6.86. The van der Waals surface area contributed by atoms with Gasteiger partial charge in [0.2, 0.25) is 0 Å². The number of nitrogens with one attached hydrogen (secondary N) is 1. The Bertz CT molecular complexity index is 1110. The maximum absolute atomic E-state index is 12.4. The summed E-state index contributed by atoms with van der Waals surface area (Å²) in [5, 5.41) is 11.4. The average Bonchev–Trinajstić information content (AvgIpc) is 3.33. The van der Waals surface area contributed by atoms with Crippen molar-refractivity contribution in [1.82, 2.24) is 19.3 Å². The highest BCUT2D eigenvalue weighted by Gasteiger charge is 2.17. The van der Waals surface area contributed by atoms with Gasteiger partial charge in [0, 0.05) is 37.7 Å².